The molecule has 0 unspecified atom stereocenters. The molecule has 0 radical (unpaired) electrons. The Kier molecular flexibility index (Phi) is 3.35. The fourth-order valence-electron chi connectivity index (χ4n) is 2.07. The summed E-state index contributed by atoms with van der Waals surface area (Å²) in [5.41, 5.74) is 9.60. The van der Waals surface area contributed by atoms with Gasteiger partial charge in [0.25, 0.3) is 0 Å². The smallest absolute Gasteiger partial charge is 0.129 e. The summed E-state index contributed by atoms with van der Waals surface area (Å²) in [5, 5.41) is 6.49. The van der Waals surface area contributed by atoms with Crippen LogP contribution in [0.3, 0.4) is 0 Å². The molecular weight excluding hydrogens is 341 g/mol. The predicted octanol–water partition coefficient (Wildman–Crippen LogP) is 4.30. The minimum Gasteiger partial charge on any atom is -0.383 e. The minimum atomic E-state index is -0.268. The number of rotatable bonds is 2. The van der Waals surface area contributed by atoms with Gasteiger partial charge in [-0.25, -0.2) is 4.39 Å². The van der Waals surface area contributed by atoms with Crippen LogP contribution in [0.2, 0.25) is 0 Å². The Labute approximate surface area is 128 Å². The molecule has 3 nitrogen and oxygen atoms in total. The second-order valence-electron chi connectivity index (χ2n) is 4.38. The van der Waals surface area contributed by atoms with E-state index in [-0.39, 0.29) is 5.82 Å². The maximum atomic E-state index is 13.1. The Bertz CT molecular complexity index is 761. The van der Waals surface area contributed by atoms with Crippen LogP contribution < -0.4 is 5.73 Å². The molecule has 3 rings (SSSR count). The van der Waals surface area contributed by atoms with Crippen molar-refractivity contribution in [1.82, 2.24) is 9.78 Å². The largest absolute Gasteiger partial charge is 0.383 e. The van der Waals surface area contributed by atoms with E-state index < -0.39 is 0 Å². The first-order valence-electron chi connectivity index (χ1n) is 5.89. The highest BCUT2D eigenvalue weighted by molar-refractivity contribution is 9.11. The molecule has 0 aliphatic heterocycles. The molecular formula is C14H11BrFN3S. The first-order valence-corrected chi connectivity index (χ1v) is 7.56. The van der Waals surface area contributed by atoms with Gasteiger partial charge in [-0.2, -0.15) is 5.10 Å². The molecule has 0 saturated heterocycles. The zero-order chi connectivity index (χ0) is 14.3. The summed E-state index contributed by atoms with van der Waals surface area (Å²) in [4.78, 5) is 0. The highest BCUT2D eigenvalue weighted by Crippen LogP contribution is 2.38. The number of benzene rings is 1. The first kappa shape index (κ1) is 13.3. The van der Waals surface area contributed by atoms with Crippen molar-refractivity contribution in [3.8, 4) is 22.4 Å². The number of thiophene rings is 1. The van der Waals surface area contributed by atoms with E-state index in [9.17, 15) is 4.39 Å². The maximum absolute atomic E-state index is 13.1. The molecule has 6 heteroatoms. The normalized spacial score (nSPS) is 10.9. The third kappa shape index (κ3) is 2.25. The topological polar surface area (TPSA) is 43.8 Å². The number of hydrogen-bond acceptors (Lipinski definition) is 3. The van der Waals surface area contributed by atoms with Crippen molar-refractivity contribution in [2.24, 2.45) is 7.05 Å². The van der Waals surface area contributed by atoms with E-state index in [1.165, 1.54) is 12.1 Å². The van der Waals surface area contributed by atoms with Gasteiger partial charge >= 0.3 is 0 Å². The van der Waals surface area contributed by atoms with Crippen molar-refractivity contribution in [3.63, 3.8) is 0 Å². The quantitative estimate of drug-likeness (QED) is 0.747. The zero-order valence-electron chi connectivity index (χ0n) is 10.6. The summed E-state index contributed by atoms with van der Waals surface area (Å²) < 4.78 is 15.7. The monoisotopic (exact) mass is 351 g/mol. The Morgan fingerprint density at radius 3 is 2.55 bits per heavy atom. The minimum absolute atomic E-state index is 0.268. The molecule has 0 aliphatic rings. The molecule has 0 bridgehead atoms. The van der Waals surface area contributed by atoms with Gasteiger partial charge in [-0.15, -0.1) is 11.3 Å². The number of halogens is 2. The van der Waals surface area contributed by atoms with E-state index in [0.717, 1.165) is 26.2 Å². The summed E-state index contributed by atoms with van der Waals surface area (Å²) >= 11 is 5.04. The Balaban J connectivity index is 2.21. The van der Waals surface area contributed by atoms with Gasteiger partial charge in [0, 0.05) is 18.0 Å². The Morgan fingerprint density at radius 2 is 1.95 bits per heavy atom. The van der Waals surface area contributed by atoms with Crippen LogP contribution in [0.15, 0.2) is 39.5 Å². The molecule has 0 saturated carbocycles. The molecule has 0 amide bonds. The van der Waals surface area contributed by atoms with Gasteiger partial charge in [-0.05, 0) is 39.7 Å². The third-order valence-electron chi connectivity index (χ3n) is 3.07. The summed E-state index contributed by atoms with van der Waals surface area (Å²) in [6, 6.07) is 8.28. The fourth-order valence-corrected chi connectivity index (χ4v) is 3.22. The second kappa shape index (κ2) is 5.03. The zero-order valence-corrected chi connectivity index (χ0v) is 13.0. The Hall–Kier alpha value is -1.66. The molecule has 0 atom stereocenters. The lowest BCUT2D eigenvalue weighted by molar-refractivity contribution is 0.628. The SMILES string of the molecule is Cn1nc(-c2csc(Br)c2)c(-c2ccc(F)cc2)c1N. The van der Waals surface area contributed by atoms with Gasteiger partial charge in [0.15, 0.2) is 0 Å². The van der Waals surface area contributed by atoms with Crippen molar-refractivity contribution in [2.75, 3.05) is 5.73 Å². The number of nitrogens with zero attached hydrogens (tertiary/aromatic N) is 2. The molecule has 0 aliphatic carbocycles. The lowest BCUT2D eigenvalue weighted by Crippen LogP contribution is -1.97. The summed E-state index contributed by atoms with van der Waals surface area (Å²) in [6.07, 6.45) is 0. The highest BCUT2D eigenvalue weighted by Gasteiger charge is 2.18. The lowest BCUT2D eigenvalue weighted by Gasteiger charge is -2.03. The van der Waals surface area contributed by atoms with E-state index in [0.29, 0.717) is 5.82 Å². The van der Waals surface area contributed by atoms with Crippen molar-refractivity contribution in [3.05, 3.63) is 45.3 Å². The van der Waals surface area contributed by atoms with Gasteiger partial charge in [0.05, 0.1) is 9.35 Å². The van der Waals surface area contributed by atoms with Crippen LogP contribution in [0.5, 0.6) is 0 Å². The molecule has 20 heavy (non-hydrogen) atoms. The molecule has 0 spiro atoms. The van der Waals surface area contributed by atoms with E-state index >= 15 is 0 Å². The number of nitrogen functional groups attached to an aromatic ring is 1. The lowest BCUT2D eigenvalue weighted by atomic mass is 10.0. The number of anilines is 1. The predicted molar refractivity (Wildman–Crippen MR) is 84.0 cm³/mol. The molecule has 3 aromatic rings. The fraction of sp³-hybridized carbons (Fsp3) is 0.0714. The van der Waals surface area contributed by atoms with Gasteiger partial charge in [-0.1, -0.05) is 12.1 Å². The number of aryl methyl sites for hydroxylation is 1. The van der Waals surface area contributed by atoms with Crippen LogP contribution in [0, 0.1) is 5.82 Å². The van der Waals surface area contributed by atoms with Gasteiger partial charge < -0.3 is 5.73 Å². The van der Waals surface area contributed by atoms with Crippen molar-refractivity contribution in [1.29, 1.82) is 0 Å². The molecule has 2 heterocycles. The first-order chi connectivity index (χ1) is 9.56. The molecule has 0 fully saturated rings. The second-order valence-corrected chi connectivity index (χ2v) is 6.67. The maximum Gasteiger partial charge on any atom is 0.129 e. The molecule has 2 N–H and O–H groups in total. The molecule has 2 aromatic heterocycles. The van der Waals surface area contributed by atoms with Crippen LogP contribution in [-0.4, -0.2) is 9.78 Å². The van der Waals surface area contributed by atoms with Crippen LogP contribution in [0.25, 0.3) is 22.4 Å². The number of nitrogens with two attached hydrogens (primary N) is 1. The van der Waals surface area contributed by atoms with Crippen LogP contribution in [0.4, 0.5) is 10.2 Å². The van der Waals surface area contributed by atoms with Crippen molar-refractivity contribution in [2.45, 2.75) is 0 Å². The standard InChI is InChI=1S/C14H11BrFN3S/c1-19-14(17)12(8-2-4-10(16)5-3-8)13(18-19)9-6-11(15)20-7-9/h2-7H,17H2,1H3. The van der Waals surface area contributed by atoms with Crippen LogP contribution >= 0.6 is 27.3 Å². The van der Waals surface area contributed by atoms with E-state index in [4.69, 9.17) is 5.73 Å². The number of aromatic nitrogens is 2. The summed E-state index contributed by atoms with van der Waals surface area (Å²) in [5.74, 6) is 0.296. The van der Waals surface area contributed by atoms with Gasteiger partial charge in [-0.3, -0.25) is 4.68 Å². The average molecular weight is 352 g/mol. The highest BCUT2D eigenvalue weighted by atomic mass is 79.9. The van der Waals surface area contributed by atoms with Gasteiger partial charge in [0.1, 0.15) is 17.3 Å². The molecule has 1 aromatic carbocycles. The van der Waals surface area contributed by atoms with E-state index in [1.54, 1.807) is 35.2 Å². The average Bonchev–Trinajstić information content (AvgIpc) is 2.97. The number of hydrogen-bond donors (Lipinski definition) is 1. The molecule has 102 valence electrons. The summed E-state index contributed by atoms with van der Waals surface area (Å²) in [7, 11) is 1.80. The summed E-state index contributed by atoms with van der Waals surface area (Å²) in [6.45, 7) is 0. The van der Waals surface area contributed by atoms with E-state index in [2.05, 4.69) is 21.0 Å². The van der Waals surface area contributed by atoms with E-state index in [1.807, 2.05) is 11.4 Å². The van der Waals surface area contributed by atoms with Crippen LogP contribution in [0.1, 0.15) is 0 Å². The Morgan fingerprint density at radius 1 is 1.25 bits per heavy atom. The van der Waals surface area contributed by atoms with Crippen LogP contribution in [-0.2, 0) is 7.05 Å². The third-order valence-corrected chi connectivity index (χ3v) is 4.57. The van der Waals surface area contributed by atoms with Crippen molar-refractivity contribution < 1.29 is 4.39 Å². The van der Waals surface area contributed by atoms with Crippen molar-refractivity contribution >= 4 is 33.1 Å². The van der Waals surface area contributed by atoms with Gasteiger partial charge in [0.2, 0.25) is 0 Å².